The predicted octanol–water partition coefficient (Wildman–Crippen LogP) is 6.87. The highest BCUT2D eigenvalue weighted by Crippen LogP contribution is 2.24. The first kappa shape index (κ1) is 28.0. The van der Waals surface area contributed by atoms with Crippen LogP contribution in [0.1, 0.15) is 39.7 Å². The van der Waals surface area contributed by atoms with E-state index in [1.54, 1.807) is 23.6 Å². The maximum absolute atomic E-state index is 12.1. The fourth-order valence-electron chi connectivity index (χ4n) is 2.67. The van der Waals surface area contributed by atoms with Gasteiger partial charge in [0, 0.05) is 29.3 Å². The summed E-state index contributed by atoms with van der Waals surface area (Å²) in [5, 5.41) is 2.84. The van der Waals surface area contributed by atoms with Gasteiger partial charge in [-0.25, -0.2) is 0 Å². The van der Waals surface area contributed by atoms with Gasteiger partial charge in [0.15, 0.2) is 0 Å². The number of benzene rings is 2. The highest BCUT2D eigenvalue weighted by molar-refractivity contribution is 7.98. The van der Waals surface area contributed by atoms with Crippen molar-refractivity contribution in [1.82, 2.24) is 4.90 Å². The molecule has 0 fully saturated rings. The Bertz CT molecular complexity index is 919. The van der Waals surface area contributed by atoms with Crippen molar-refractivity contribution in [3.05, 3.63) is 96.6 Å². The summed E-state index contributed by atoms with van der Waals surface area (Å²) in [5.41, 5.74) is 3.22. The van der Waals surface area contributed by atoms with Gasteiger partial charge < -0.3 is 10.2 Å². The van der Waals surface area contributed by atoms with Crippen molar-refractivity contribution in [3.63, 3.8) is 0 Å². The van der Waals surface area contributed by atoms with Crippen LogP contribution in [0.25, 0.3) is 0 Å². The molecule has 33 heavy (non-hydrogen) atoms. The normalized spacial score (nSPS) is 10.8. The number of likely N-dealkylation sites (N-methyl/N-ethyl adjacent to an activating group) is 1. The molecule has 2 aromatic carbocycles. The fraction of sp³-hybridized carbons (Fsp3) is 0.286. The van der Waals surface area contributed by atoms with E-state index >= 15 is 0 Å². The summed E-state index contributed by atoms with van der Waals surface area (Å²) >= 11 is 1.76. The SMILES string of the molecule is C=C/C(C)=C\C=C/C.CCC(=O)N(CC)CC(=O)Nc1ccc(SCc2ccccc2)cc1. The smallest absolute Gasteiger partial charge is 0.243 e. The van der Waals surface area contributed by atoms with Crippen molar-refractivity contribution in [2.45, 2.75) is 44.8 Å². The molecule has 0 heterocycles. The van der Waals surface area contributed by atoms with E-state index in [9.17, 15) is 9.59 Å². The minimum absolute atomic E-state index is 0.00897. The van der Waals surface area contributed by atoms with Gasteiger partial charge in [0.1, 0.15) is 0 Å². The lowest BCUT2D eigenvalue weighted by molar-refractivity contribution is -0.134. The first-order chi connectivity index (χ1) is 15.9. The van der Waals surface area contributed by atoms with E-state index in [2.05, 4.69) is 24.0 Å². The Labute approximate surface area is 203 Å². The zero-order chi connectivity index (χ0) is 24.5. The van der Waals surface area contributed by atoms with Gasteiger partial charge in [0.25, 0.3) is 0 Å². The van der Waals surface area contributed by atoms with Crippen LogP contribution in [-0.4, -0.2) is 29.8 Å². The lowest BCUT2D eigenvalue weighted by Gasteiger charge is -2.19. The van der Waals surface area contributed by atoms with E-state index in [1.807, 2.05) is 87.5 Å². The Morgan fingerprint density at radius 3 is 2.27 bits per heavy atom. The fourth-order valence-corrected chi connectivity index (χ4v) is 3.52. The number of nitrogens with zero attached hydrogens (tertiary/aromatic N) is 1. The van der Waals surface area contributed by atoms with Crippen molar-refractivity contribution < 1.29 is 9.59 Å². The monoisotopic (exact) mass is 464 g/mol. The van der Waals surface area contributed by atoms with E-state index in [4.69, 9.17) is 0 Å². The van der Waals surface area contributed by atoms with Crippen LogP contribution < -0.4 is 5.32 Å². The van der Waals surface area contributed by atoms with Crippen LogP contribution in [0.5, 0.6) is 0 Å². The summed E-state index contributed by atoms with van der Waals surface area (Å²) in [6.45, 7) is 11.9. The third kappa shape index (κ3) is 11.9. The number of nitrogens with one attached hydrogen (secondary N) is 1. The Balaban J connectivity index is 0.000000582. The number of anilines is 1. The van der Waals surface area contributed by atoms with Crippen LogP contribution in [0.15, 0.2) is 95.9 Å². The summed E-state index contributed by atoms with van der Waals surface area (Å²) in [4.78, 5) is 26.5. The molecule has 1 N–H and O–H groups in total. The number of rotatable bonds is 10. The molecule has 0 saturated carbocycles. The molecule has 0 saturated heterocycles. The van der Waals surface area contributed by atoms with Crippen LogP contribution in [0.2, 0.25) is 0 Å². The summed E-state index contributed by atoms with van der Waals surface area (Å²) < 4.78 is 0. The predicted molar refractivity (Wildman–Crippen MR) is 142 cm³/mol. The van der Waals surface area contributed by atoms with Gasteiger partial charge in [-0.15, -0.1) is 11.8 Å². The third-order valence-electron chi connectivity index (χ3n) is 4.63. The van der Waals surface area contributed by atoms with Crippen LogP contribution in [0, 0.1) is 0 Å². The zero-order valence-corrected chi connectivity index (χ0v) is 21.0. The molecule has 0 aromatic heterocycles. The molecule has 0 aliphatic carbocycles. The molecule has 0 atom stereocenters. The maximum Gasteiger partial charge on any atom is 0.243 e. The zero-order valence-electron chi connectivity index (χ0n) is 20.2. The number of carbonyl (C=O) groups is 2. The largest absolute Gasteiger partial charge is 0.334 e. The Morgan fingerprint density at radius 1 is 1.06 bits per heavy atom. The number of amides is 2. The molecule has 0 aliphatic rings. The number of thioether (sulfide) groups is 1. The van der Waals surface area contributed by atoms with Crippen molar-refractivity contribution in [1.29, 1.82) is 0 Å². The van der Waals surface area contributed by atoms with Gasteiger partial charge in [-0.1, -0.05) is 73.7 Å². The quantitative estimate of drug-likeness (QED) is 0.308. The van der Waals surface area contributed by atoms with Gasteiger partial charge >= 0.3 is 0 Å². The van der Waals surface area contributed by atoms with Crippen molar-refractivity contribution in [3.8, 4) is 0 Å². The van der Waals surface area contributed by atoms with Crippen LogP contribution in [0.4, 0.5) is 5.69 Å². The van der Waals surface area contributed by atoms with Gasteiger partial charge in [-0.3, -0.25) is 9.59 Å². The molecular weight excluding hydrogens is 428 g/mol. The minimum atomic E-state index is -0.173. The topological polar surface area (TPSA) is 49.4 Å². The molecule has 0 aliphatic heterocycles. The molecule has 0 bridgehead atoms. The molecule has 2 aromatic rings. The second kappa shape index (κ2) is 16.6. The lowest BCUT2D eigenvalue weighted by atomic mass is 10.2. The van der Waals surface area contributed by atoms with E-state index in [1.165, 1.54) is 11.1 Å². The van der Waals surface area contributed by atoms with Crippen LogP contribution in [0.3, 0.4) is 0 Å². The number of hydrogen-bond donors (Lipinski definition) is 1. The van der Waals surface area contributed by atoms with Crippen LogP contribution >= 0.6 is 11.8 Å². The first-order valence-corrected chi connectivity index (χ1v) is 12.2. The Morgan fingerprint density at radius 2 is 1.73 bits per heavy atom. The first-order valence-electron chi connectivity index (χ1n) is 11.2. The average molecular weight is 465 g/mol. The second-order valence-electron chi connectivity index (χ2n) is 7.25. The maximum atomic E-state index is 12.1. The van der Waals surface area contributed by atoms with Crippen molar-refractivity contribution in [2.24, 2.45) is 0 Å². The molecule has 5 heteroatoms. The summed E-state index contributed by atoms with van der Waals surface area (Å²) in [6.07, 6.45) is 8.26. The Hall–Kier alpha value is -3.05. The molecule has 2 amide bonds. The van der Waals surface area contributed by atoms with E-state index in [0.29, 0.717) is 13.0 Å². The number of allylic oxidation sites excluding steroid dienone is 5. The highest BCUT2D eigenvalue weighted by atomic mass is 32.2. The third-order valence-corrected chi connectivity index (χ3v) is 5.71. The van der Waals surface area contributed by atoms with E-state index in [0.717, 1.165) is 16.3 Å². The summed E-state index contributed by atoms with van der Waals surface area (Å²) in [5.74, 6) is 0.732. The Kier molecular flexibility index (Phi) is 14.0. The molecule has 0 radical (unpaired) electrons. The molecular formula is C28H36N2O2S. The number of hydrogen-bond acceptors (Lipinski definition) is 3. The van der Waals surface area contributed by atoms with Gasteiger partial charge in [-0.05, 0) is 50.6 Å². The minimum Gasteiger partial charge on any atom is -0.334 e. The average Bonchev–Trinajstić information content (AvgIpc) is 2.85. The summed E-state index contributed by atoms with van der Waals surface area (Å²) in [6, 6.07) is 18.1. The number of carbonyl (C=O) groups excluding carboxylic acids is 2. The molecule has 176 valence electrons. The van der Waals surface area contributed by atoms with Crippen molar-refractivity contribution in [2.75, 3.05) is 18.4 Å². The van der Waals surface area contributed by atoms with E-state index < -0.39 is 0 Å². The second-order valence-corrected chi connectivity index (χ2v) is 8.30. The molecule has 0 unspecified atom stereocenters. The lowest BCUT2D eigenvalue weighted by Crippen LogP contribution is -2.37. The van der Waals surface area contributed by atoms with Gasteiger partial charge in [0.2, 0.25) is 11.8 Å². The molecule has 0 spiro atoms. The molecule has 4 nitrogen and oxygen atoms in total. The van der Waals surface area contributed by atoms with E-state index in [-0.39, 0.29) is 18.4 Å². The standard InChI is InChI=1S/C20H24N2O2S.C8H12/c1-3-20(24)22(4-2)14-19(23)21-17-10-12-18(13-11-17)25-15-16-8-6-5-7-9-16;1-4-6-7-8(3)5-2/h5-13H,3-4,14-15H2,1-2H3,(H,21,23);4-7H,2H2,1,3H3/b;6-4-,8-7-. The summed E-state index contributed by atoms with van der Waals surface area (Å²) in [7, 11) is 0. The van der Waals surface area contributed by atoms with Gasteiger partial charge in [-0.2, -0.15) is 0 Å². The molecule has 2 rings (SSSR count). The van der Waals surface area contributed by atoms with Crippen LogP contribution in [-0.2, 0) is 15.3 Å². The highest BCUT2D eigenvalue weighted by Gasteiger charge is 2.13. The van der Waals surface area contributed by atoms with Gasteiger partial charge in [0.05, 0.1) is 6.54 Å². The van der Waals surface area contributed by atoms with Crippen molar-refractivity contribution >= 4 is 29.3 Å².